The van der Waals surface area contributed by atoms with E-state index >= 15 is 0 Å². The Morgan fingerprint density at radius 3 is 2.18 bits per heavy atom. The Balaban J connectivity index is 1.88. The van der Waals surface area contributed by atoms with Crippen molar-refractivity contribution in [1.82, 2.24) is 0 Å². The third-order valence-corrected chi connectivity index (χ3v) is 5.30. The van der Waals surface area contributed by atoms with Crippen LogP contribution in [0.3, 0.4) is 0 Å². The van der Waals surface area contributed by atoms with Crippen LogP contribution in [-0.4, -0.2) is 60.8 Å². The normalized spacial score (nSPS) is 19.8. The molecule has 0 heterocycles. The van der Waals surface area contributed by atoms with Crippen LogP contribution >= 0.6 is 0 Å². The van der Waals surface area contributed by atoms with Crippen molar-refractivity contribution in [2.75, 3.05) is 12.4 Å². The van der Waals surface area contributed by atoms with Crippen LogP contribution in [0.25, 0.3) is 0 Å². The standard InChI is InChI=1S/C17H19B3O7S/c18-9-12-7-13(19)8-14(20)15(12)27-17(22)11-3-1-10(2-4-11)16(21)26-5-6-28(23,24)25/h7-8,10-11H,1-6,9H2,(H,23,24,25). The summed E-state index contributed by atoms with van der Waals surface area (Å²) >= 11 is 0. The molecule has 0 saturated heterocycles. The van der Waals surface area contributed by atoms with Crippen LogP contribution in [0, 0.1) is 11.8 Å². The Hall–Kier alpha value is -1.74. The SMILES string of the molecule is [B]Cc1cc([B])cc([B])c1OC(=O)C1CCC(C(=O)OCCS(=O)(=O)O)CC1. The molecule has 1 aliphatic carbocycles. The molecule has 1 aromatic rings. The first-order valence-electron chi connectivity index (χ1n) is 8.82. The average Bonchev–Trinajstić information content (AvgIpc) is 2.62. The molecule has 11 heteroatoms. The van der Waals surface area contributed by atoms with E-state index in [4.69, 9.17) is 37.6 Å². The lowest BCUT2D eigenvalue weighted by molar-refractivity contribution is -0.151. The number of esters is 2. The van der Waals surface area contributed by atoms with Crippen molar-refractivity contribution in [3.8, 4) is 5.75 Å². The molecule has 0 spiro atoms. The van der Waals surface area contributed by atoms with Gasteiger partial charge in [0.2, 0.25) is 0 Å². The lowest BCUT2D eigenvalue weighted by Gasteiger charge is -2.26. The van der Waals surface area contributed by atoms with E-state index in [0.29, 0.717) is 36.7 Å². The molecule has 1 N–H and O–H groups in total. The topological polar surface area (TPSA) is 107 Å². The maximum atomic E-state index is 12.5. The highest BCUT2D eigenvalue weighted by atomic mass is 32.2. The van der Waals surface area contributed by atoms with Crippen LogP contribution in [0.1, 0.15) is 31.2 Å². The highest BCUT2D eigenvalue weighted by Gasteiger charge is 2.32. The van der Waals surface area contributed by atoms with Gasteiger partial charge < -0.3 is 9.47 Å². The molecule has 2 rings (SSSR count). The number of hydrogen-bond donors (Lipinski definition) is 1. The average molecular weight is 400 g/mol. The van der Waals surface area contributed by atoms with E-state index in [1.165, 1.54) is 6.07 Å². The van der Waals surface area contributed by atoms with E-state index in [9.17, 15) is 18.0 Å². The van der Waals surface area contributed by atoms with Gasteiger partial charge in [-0.2, -0.15) is 8.42 Å². The van der Waals surface area contributed by atoms with Gasteiger partial charge in [-0.1, -0.05) is 29.4 Å². The third kappa shape index (κ3) is 6.41. The van der Waals surface area contributed by atoms with Crippen molar-refractivity contribution in [1.29, 1.82) is 0 Å². The molecule has 6 radical (unpaired) electrons. The van der Waals surface area contributed by atoms with Gasteiger partial charge in [0.1, 0.15) is 33.8 Å². The van der Waals surface area contributed by atoms with E-state index in [1.807, 2.05) is 0 Å². The molecule has 28 heavy (non-hydrogen) atoms. The fraction of sp³-hybridized carbons (Fsp3) is 0.529. The minimum Gasteiger partial charge on any atom is -0.464 e. The Kier molecular flexibility index (Phi) is 7.77. The van der Waals surface area contributed by atoms with Gasteiger partial charge in [-0.15, -0.1) is 0 Å². The number of carbonyl (C=O) groups is 2. The predicted octanol–water partition coefficient (Wildman–Crippen LogP) is -0.914. The third-order valence-electron chi connectivity index (χ3n) is 4.62. The molecular weight excluding hydrogens is 381 g/mol. The second-order valence-electron chi connectivity index (χ2n) is 6.73. The quantitative estimate of drug-likeness (QED) is 0.273. The maximum absolute atomic E-state index is 12.5. The van der Waals surface area contributed by atoms with Crippen LogP contribution in [0.15, 0.2) is 12.1 Å². The van der Waals surface area contributed by atoms with Crippen molar-refractivity contribution in [2.45, 2.75) is 32.0 Å². The lowest BCUT2D eigenvalue weighted by atomic mass is 9.81. The highest BCUT2D eigenvalue weighted by Crippen LogP contribution is 2.31. The minimum atomic E-state index is -4.18. The molecular formula is C17H19B3O7S. The van der Waals surface area contributed by atoms with Crippen LogP contribution in [0.2, 0.25) is 0 Å². The molecule has 0 amide bonds. The van der Waals surface area contributed by atoms with Crippen LogP contribution in [0.4, 0.5) is 0 Å². The second kappa shape index (κ2) is 9.65. The summed E-state index contributed by atoms with van der Waals surface area (Å²) in [6.07, 6.45) is 1.77. The highest BCUT2D eigenvalue weighted by molar-refractivity contribution is 7.85. The van der Waals surface area contributed by atoms with Crippen LogP contribution in [0.5, 0.6) is 5.75 Å². The van der Waals surface area contributed by atoms with Gasteiger partial charge in [-0.25, -0.2) is 0 Å². The summed E-state index contributed by atoms with van der Waals surface area (Å²) < 4.78 is 40.2. The van der Waals surface area contributed by atoms with E-state index in [2.05, 4.69) is 0 Å². The molecule has 1 aromatic carbocycles. The Morgan fingerprint density at radius 2 is 1.64 bits per heavy atom. The summed E-state index contributed by atoms with van der Waals surface area (Å²) in [4.78, 5) is 24.4. The smallest absolute Gasteiger partial charge is 0.314 e. The summed E-state index contributed by atoms with van der Waals surface area (Å²) in [7, 11) is 13.1. The van der Waals surface area contributed by atoms with Gasteiger partial charge in [-0.3, -0.25) is 14.1 Å². The van der Waals surface area contributed by atoms with Crippen LogP contribution < -0.4 is 15.7 Å². The van der Waals surface area contributed by atoms with E-state index in [-0.39, 0.29) is 17.5 Å². The molecule has 1 saturated carbocycles. The molecule has 144 valence electrons. The summed E-state index contributed by atoms with van der Waals surface area (Å²) in [5.41, 5.74) is 1.18. The maximum Gasteiger partial charge on any atom is 0.314 e. The van der Waals surface area contributed by atoms with Crippen LogP contribution in [-0.2, 0) is 30.8 Å². The monoisotopic (exact) mass is 400 g/mol. The van der Waals surface area contributed by atoms with Gasteiger partial charge in [0, 0.05) is 0 Å². The molecule has 0 atom stereocenters. The first kappa shape index (κ1) is 22.6. The number of ether oxygens (including phenoxy) is 2. The van der Waals surface area contributed by atoms with Gasteiger partial charge >= 0.3 is 11.9 Å². The van der Waals surface area contributed by atoms with Gasteiger partial charge in [0.15, 0.2) is 0 Å². The first-order chi connectivity index (χ1) is 13.1. The molecule has 0 aliphatic heterocycles. The number of benzene rings is 1. The van der Waals surface area contributed by atoms with E-state index in [1.54, 1.807) is 6.07 Å². The van der Waals surface area contributed by atoms with Crippen molar-refractivity contribution in [3.63, 3.8) is 0 Å². The lowest BCUT2D eigenvalue weighted by Crippen LogP contribution is -2.31. The van der Waals surface area contributed by atoms with Crippen molar-refractivity contribution < 1.29 is 32.0 Å². The molecule has 0 bridgehead atoms. The fourth-order valence-corrected chi connectivity index (χ4v) is 3.42. The zero-order valence-electron chi connectivity index (χ0n) is 15.3. The van der Waals surface area contributed by atoms with Gasteiger partial charge in [0.25, 0.3) is 10.1 Å². The van der Waals surface area contributed by atoms with Crippen molar-refractivity contribution >= 4 is 56.5 Å². The molecule has 1 fully saturated rings. The zero-order valence-corrected chi connectivity index (χ0v) is 16.1. The van der Waals surface area contributed by atoms with Crippen molar-refractivity contribution in [2.24, 2.45) is 11.8 Å². The number of rotatable bonds is 7. The largest absolute Gasteiger partial charge is 0.464 e. The van der Waals surface area contributed by atoms with E-state index in [0.717, 1.165) is 0 Å². The first-order valence-corrected chi connectivity index (χ1v) is 10.4. The van der Waals surface area contributed by atoms with Crippen molar-refractivity contribution in [3.05, 3.63) is 17.7 Å². The Morgan fingerprint density at radius 1 is 1.07 bits per heavy atom. The summed E-state index contributed by atoms with van der Waals surface area (Å²) in [6, 6.07) is 3.08. The zero-order chi connectivity index (χ0) is 20.9. The minimum absolute atomic E-state index is 0.111. The molecule has 7 nitrogen and oxygen atoms in total. The molecule has 0 unspecified atom stereocenters. The number of hydrogen-bond acceptors (Lipinski definition) is 6. The molecule has 0 aromatic heterocycles. The Labute approximate surface area is 168 Å². The fourth-order valence-electron chi connectivity index (χ4n) is 3.13. The van der Waals surface area contributed by atoms with Gasteiger partial charge in [-0.05, 0) is 31.2 Å². The van der Waals surface area contributed by atoms with Gasteiger partial charge in [0.05, 0.1) is 19.7 Å². The number of carbonyl (C=O) groups excluding carboxylic acids is 2. The summed E-state index contributed by atoms with van der Waals surface area (Å²) in [5.74, 6) is -2.26. The Bertz CT molecular complexity index is 833. The van der Waals surface area contributed by atoms with E-state index < -0.39 is 46.3 Å². The summed E-state index contributed by atoms with van der Waals surface area (Å²) in [5, 5.41) is 0. The molecule has 1 aliphatic rings. The summed E-state index contributed by atoms with van der Waals surface area (Å²) in [6.45, 7) is -0.405. The predicted molar refractivity (Wildman–Crippen MR) is 105 cm³/mol. The second-order valence-corrected chi connectivity index (χ2v) is 8.30.